The van der Waals surface area contributed by atoms with Gasteiger partial charge in [-0.2, -0.15) is 0 Å². The normalized spacial score (nSPS) is 53.0. The molecule has 0 heterocycles. The average molecular weight is 247 g/mol. The number of halogens is 1. The molecule has 0 aromatic rings. The van der Waals surface area contributed by atoms with E-state index >= 15 is 0 Å². The minimum Gasteiger partial charge on any atom is -0.391 e. The lowest BCUT2D eigenvalue weighted by Gasteiger charge is -2.34. The molecule has 2 rings (SSSR count). The fourth-order valence-electron chi connectivity index (χ4n) is 3.01. The van der Waals surface area contributed by atoms with Gasteiger partial charge in [-0.15, -0.1) is 0 Å². The molecule has 2 fully saturated rings. The molecule has 2 aliphatic rings. The summed E-state index contributed by atoms with van der Waals surface area (Å²) in [5, 5.41) is 9.99. The third-order valence-corrected chi connectivity index (χ3v) is 5.67. The van der Waals surface area contributed by atoms with Gasteiger partial charge in [0, 0.05) is 11.2 Å². The summed E-state index contributed by atoms with van der Waals surface area (Å²) >= 11 is 3.50. The van der Waals surface area contributed by atoms with Crippen molar-refractivity contribution < 1.29 is 9.90 Å². The number of carbonyl (C=O) groups is 1. The van der Waals surface area contributed by atoms with Crippen molar-refractivity contribution in [2.24, 2.45) is 16.7 Å². The molecule has 2 nitrogen and oxygen atoms in total. The van der Waals surface area contributed by atoms with Crippen molar-refractivity contribution in [2.45, 2.75) is 38.1 Å². The number of aliphatic hydroxyl groups is 1. The quantitative estimate of drug-likeness (QED) is 0.662. The molecule has 74 valence electrons. The van der Waals surface area contributed by atoms with Gasteiger partial charge in [0.15, 0.2) is 0 Å². The van der Waals surface area contributed by atoms with Gasteiger partial charge < -0.3 is 5.11 Å². The smallest absolute Gasteiger partial charge is 0.142 e. The zero-order valence-corrected chi connectivity index (χ0v) is 9.76. The summed E-state index contributed by atoms with van der Waals surface area (Å²) in [6.45, 7) is 6.08. The van der Waals surface area contributed by atoms with Crippen molar-refractivity contribution in [3.05, 3.63) is 0 Å². The Bertz CT molecular complexity index is 274. The molecule has 2 aliphatic carbocycles. The molecule has 2 bridgehead atoms. The first-order valence-electron chi connectivity index (χ1n) is 4.69. The van der Waals surface area contributed by atoms with Gasteiger partial charge in [0.25, 0.3) is 0 Å². The zero-order chi connectivity index (χ0) is 10.0. The van der Waals surface area contributed by atoms with E-state index in [1.807, 2.05) is 6.92 Å². The van der Waals surface area contributed by atoms with Crippen molar-refractivity contribution in [3.63, 3.8) is 0 Å². The molecule has 0 saturated heterocycles. The largest absolute Gasteiger partial charge is 0.391 e. The lowest BCUT2D eigenvalue weighted by atomic mass is 9.69. The molecular formula is C10H15BrO2. The van der Waals surface area contributed by atoms with Crippen LogP contribution in [0.4, 0.5) is 0 Å². The van der Waals surface area contributed by atoms with E-state index in [4.69, 9.17) is 0 Å². The molecule has 0 aromatic carbocycles. The molecule has 0 aromatic heterocycles. The summed E-state index contributed by atoms with van der Waals surface area (Å²) in [7, 11) is 0. The van der Waals surface area contributed by atoms with Crippen LogP contribution in [0.25, 0.3) is 0 Å². The fraction of sp³-hybridized carbons (Fsp3) is 0.900. The second-order valence-corrected chi connectivity index (χ2v) is 6.10. The number of aliphatic hydroxyl groups excluding tert-OH is 1. The summed E-state index contributed by atoms with van der Waals surface area (Å²) in [4.78, 5) is 11.8. The molecule has 0 radical (unpaired) electrons. The van der Waals surface area contributed by atoms with Crippen LogP contribution in [0.3, 0.4) is 0 Å². The van der Waals surface area contributed by atoms with Crippen LogP contribution < -0.4 is 0 Å². The molecule has 1 N–H and O–H groups in total. The molecular weight excluding hydrogens is 232 g/mol. The first-order chi connectivity index (χ1) is 5.83. The van der Waals surface area contributed by atoms with E-state index in [9.17, 15) is 9.90 Å². The molecule has 0 aliphatic heterocycles. The maximum absolute atomic E-state index is 11.7. The monoisotopic (exact) mass is 246 g/mol. The van der Waals surface area contributed by atoms with Gasteiger partial charge in [0.1, 0.15) is 5.78 Å². The van der Waals surface area contributed by atoms with Gasteiger partial charge in [0.2, 0.25) is 0 Å². The molecule has 2 saturated carbocycles. The highest BCUT2D eigenvalue weighted by Crippen LogP contribution is 2.65. The molecule has 13 heavy (non-hydrogen) atoms. The maximum atomic E-state index is 11.7. The fourth-order valence-corrected chi connectivity index (χ4v) is 4.38. The van der Waals surface area contributed by atoms with Crippen molar-refractivity contribution in [1.29, 1.82) is 0 Å². The minimum atomic E-state index is -0.536. The van der Waals surface area contributed by atoms with Crippen LogP contribution >= 0.6 is 15.9 Å². The van der Waals surface area contributed by atoms with E-state index in [-0.39, 0.29) is 16.0 Å². The number of alkyl halides is 1. The number of fused-ring (bicyclic) bond motifs is 2. The van der Waals surface area contributed by atoms with E-state index in [0.717, 1.165) is 0 Å². The van der Waals surface area contributed by atoms with E-state index in [0.29, 0.717) is 12.3 Å². The Labute approximate surface area is 86.8 Å². The van der Waals surface area contributed by atoms with Crippen LogP contribution in [0.15, 0.2) is 0 Å². The molecule has 0 spiro atoms. The van der Waals surface area contributed by atoms with E-state index in [1.54, 1.807) is 0 Å². The Morgan fingerprint density at radius 3 is 2.31 bits per heavy atom. The van der Waals surface area contributed by atoms with Gasteiger partial charge in [0.05, 0.1) is 11.5 Å². The first-order valence-corrected chi connectivity index (χ1v) is 5.60. The van der Waals surface area contributed by atoms with E-state index < -0.39 is 11.5 Å². The lowest BCUT2D eigenvalue weighted by Crippen LogP contribution is -2.44. The summed E-state index contributed by atoms with van der Waals surface area (Å²) in [5.74, 6) is 0.519. The Morgan fingerprint density at radius 2 is 2.00 bits per heavy atom. The average Bonchev–Trinajstić information content (AvgIpc) is 2.28. The van der Waals surface area contributed by atoms with Gasteiger partial charge >= 0.3 is 0 Å². The Balaban J connectivity index is 2.54. The summed E-state index contributed by atoms with van der Waals surface area (Å²) < 4.78 is 0. The summed E-state index contributed by atoms with van der Waals surface area (Å²) in [5.41, 5.74) is -0.608. The minimum absolute atomic E-state index is 0.0718. The third kappa shape index (κ3) is 0.809. The number of Topliss-reactive ketones (excluding diaryl/α,β-unsaturated/α-hetero) is 1. The summed E-state index contributed by atoms with van der Waals surface area (Å²) in [6.07, 6.45) is 0.102. The molecule has 4 atom stereocenters. The van der Waals surface area contributed by atoms with Crippen LogP contribution in [-0.4, -0.2) is 21.8 Å². The predicted octanol–water partition coefficient (Wildman–Crippen LogP) is 1.75. The van der Waals surface area contributed by atoms with Crippen LogP contribution in [0.2, 0.25) is 0 Å². The first kappa shape index (κ1) is 9.66. The summed E-state index contributed by atoms with van der Waals surface area (Å²) in [6, 6.07) is 0. The van der Waals surface area contributed by atoms with Crippen molar-refractivity contribution >= 4 is 21.7 Å². The maximum Gasteiger partial charge on any atom is 0.142 e. The topological polar surface area (TPSA) is 37.3 Å². The third-order valence-electron chi connectivity index (χ3n) is 4.53. The van der Waals surface area contributed by atoms with Crippen molar-refractivity contribution in [2.75, 3.05) is 0 Å². The Kier molecular flexibility index (Phi) is 1.76. The lowest BCUT2D eigenvalue weighted by molar-refractivity contribution is -0.134. The molecule has 0 unspecified atom stereocenters. The van der Waals surface area contributed by atoms with Gasteiger partial charge in [-0.05, 0) is 18.3 Å². The van der Waals surface area contributed by atoms with Crippen LogP contribution in [-0.2, 0) is 4.79 Å². The van der Waals surface area contributed by atoms with Crippen molar-refractivity contribution in [1.82, 2.24) is 0 Å². The van der Waals surface area contributed by atoms with E-state index in [1.165, 1.54) is 0 Å². The van der Waals surface area contributed by atoms with Crippen LogP contribution in [0, 0.1) is 16.7 Å². The van der Waals surface area contributed by atoms with Gasteiger partial charge in [-0.3, -0.25) is 4.79 Å². The molecule has 3 heteroatoms. The highest BCUT2D eigenvalue weighted by molar-refractivity contribution is 9.09. The Morgan fingerprint density at radius 1 is 1.46 bits per heavy atom. The van der Waals surface area contributed by atoms with Crippen LogP contribution in [0.5, 0.6) is 0 Å². The SMILES string of the molecule is CC1(C)[C@@H]2CC(=O)[C@@]1(C)[C@@H](O)[C@H]2Br. The van der Waals surface area contributed by atoms with Gasteiger partial charge in [-0.25, -0.2) is 0 Å². The van der Waals surface area contributed by atoms with E-state index in [2.05, 4.69) is 29.8 Å². The standard InChI is InChI=1S/C10H15BrO2/c1-9(2)5-4-6(12)10(9,3)8(13)7(5)11/h5,7-8,13H,4H2,1-3H3/t5-,7+,8+,10+/m1/s1. The van der Waals surface area contributed by atoms with Gasteiger partial charge in [-0.1, -0.05) is 29.8 Å². The van der Waals surface area contributed by atoms with Crippen molar-refractivity contribution in [3.8, 4) is 0 Å². The number of hydrogen-bond acceptors (Lipinski definition) is 2. The number of carbonyl (C=O) groups excluding carboxylic acids is 1. The highest BCUT2D eigenvalue weighted by atomic mass is 79.9. The number of ketones is 1. The predicted molar refractivity (Wildman–Crippen MR) is 53.7 cm³/mol. The Hall–Kier alpha value is 0.110. The molecule has 0 amide bonds. The number of hydrogen-bond donors (Lipinski definition) is 1. The number of rotatable bonds is 0. The highest BCUT2D eigenvalue weighted by Gasteiger charge is 2.69. The second-order valence-electron chi connectivity index (χ2n) is 5.05. The second kappa shape index (κ2) is 2.37. The zero-order valence-electron chi connectivity index (χ0n) is 8.17. The van der Waals surface area contributed by atoms with Crippen LogP contribution in [0.1, 0.15) is 27.2 Å².